The molecule has 6 nitrogen and oxygen atoms in total. The van der Waals surface area contributed by atoms with E-state index in [4.69, 9.17) is 14.6 Å². The van der Waals surface area contributed by atoms with E-state index in [1.54, 1.807) is 24.3 Å². The fraction of sp³-hybridized carbons (Fsp3) is 0.775. The number of carbonyl (C=O) groups is 3. The van der Waals surface area contributed by atoms with Crippen LogP contribution in [0.25, 0.3) is 0 Å². The Morgan fingerprint density at radius 1 is 0.457 bits per heavy atom. The van der Waals surface area contributed by atoms with Gasteiger partial charge in [0.25, 0.3) is 0 Å². The van der Waals surface area contributed by atoms with Crippen LogP contribution < -0.4 is 0 Å². The Morgan fingerprint density at radius 3 is 1.07 bits per heavy atom. The minimum atomic E-state index is -0.655. The molecule has 1 rings (SSSR count). The summed E-state index contributed by atoms with van der Waals surface area (Å²) >= 11 is 0. The first-order valence-electron chi connectivity index (χ1n) is 19.1. The second kappa shape index (κ2) is 34.0. The fourth-order valence-corrected chi connectivity index (χ4v) is 5.38. The van der Waals surface area contributed by atoms with Crippen LogP contribution in [0.5, 0.6) is 0 Å². The topological polar surface area (TPSA) is 89.9 Å². The van der Waals surface area contributed by atoms with Gasteiger partial charge in [0.2, 0.25) is 0 Å². The second-order valence-electron chi connectivity index (χ2n) is 12.7. The van der Waals surface area contributed by atoms with E-state index >= 15 is 0 Å². The molecule has 0 unspecified atom stereocenters. The first-order chi connectivity index (χ1) is 22.5. The maximum atomic E-state index is 12.4. The van der Waals surface area contributed by atoms with Crippen molar-refractivity contribution in [2.24, 2.45) is 0 Å². The number of rotatable bonds is 30. The average Bonchev–Trinajstić information content (AvgIpc) is 3.06. The number of unbranched alkanes of at least 4 members (excludes halogenated alkanes) is 22. The second-order valence-corrected chi connectivity index (χ2v) is 12.7. The number of carboxylic acid groups (broad SMARTS) is 1. The lowest BCUT2D eigenvalue weighted by atomic mass is 10.0. The molecule has 0 amide bonds. The van der Waals surface area contributed by atoms with Gasteiger partial charge in [0.15, 0.2) is 0 Å². The molecule has 0 saturated carbocycles. The van der Waals surface area contributed by atoms with Crippen LogP contribution >= 0.6 is 0 Å². The Labute approximate surface area is 282 Å². The normalized spacial score (nSPS) is 10.7. The third-order valence-corrected chi connectivity index (χ3v) is 8.32. The predicted octanol–water partition coefficient (Wildman–Crippen LogP) is 12.3. The maximum Gasteiger partial charge on any atom is 0.339 e. The molecule has 0 radical (unpaired) electrons. The van der Waals surface area contributed by atoms with Gasteiger partial charge in [0.05, 0.1) is 24.3 Å². The molecule has 46 heavy (non-hydrogen) atoms. The van der Waals surface area contributed by atoms with Crippen LogP contribution in [-0.2, 0) is 14.3 Å². The highest BCUT2D eigenvalue weighted by molar-refractivity contribution is 6.03. The average molecular weight is 647 g/mol. The summed E-state index contributed by atoms with van der Waals surface area (Å²) in [4.78, 5) is 35.0. The van der Waals surface area contributed by atoms with Gasteiger partial charge in [-0.2, -0.15) is 0 Å². The lowest BCUT2D eigenvalue weighted by Crippen LogP contribution is -2.15. The molecule has 0 atom stereocenters. The SMILES string of the molecule is CCCCCCCCCCCCCCCC(=O)O.CCCCCCCCCCOC(=O)c1ccccc1C(=O)OCCCCCC. The third kappa shape index (κ3) is 27.9. The summed E-state index contributed by atoms with van der Waals surface area (Å²) in [5.41, 5.74) is 0.583. The van der Waals surface area contributed by atoms with Crippen LogP contribution in [0.1, 0.15) is 208 Å². The molecule has 1 N–H and O–H groups in total. The Hall–Kier alpha value is -2.37. The smallest absolute Gasteiger partial charge is 0.339 e. The zero-order chi connectivity index (χ0) is 33.9. The van der Waals surface area contributed by atoms with E-state index in [0.29, 0.717) is 30.8 Å². The molecule has 6 heteroatoms. The van der Waals surface area contributed by atoms with Crippen molar-refractivity contribution in [1.29, 1.82) is 0 Å². The van der Waals surface area contributed by atoms with Crippen molar-refractivity contribution in [3.8, 4) is 0 Å². The molecule has 0 saturated heterocycles. The third-order valence-electron chi connectivity index (χ3n) is 8.32. The van der Waals surface area contributed by atoms with E-state index in [-0.39, 0.29) is 0 Å². The van der Waals surface area contributed by atoms with Gasteiger partial charge in [-0.1, -0.05) is 174 Å². The van der Waals surface area contributed by atoms with E-state index in [2.05, 4.69) is 20.8 Å². The number of aliphatic carboxylic acids is 1. The zero-order valence-electron chi connectivity index (χ0n) is 30.1. The largest absolute Gasteiger partial charge is 0.481 e. The standard InChI is InChI=1S/C24H38O4.C16H32O2/c1-3-5-7-9-10-11-12-16-20-28-24(26)22-18-14-13-17-21(22)23(25)27-19-15-8-6-4-2;1-2-3-4-5-6-7-8-9-10-11-12-13-14-15-16(17)18/h13-14,17-18H,3-12,15-16,19-20H2,1-2H3;2-15H2,1H3,(H,17,18). The quantitative estimate of drug-likeness (QED) is 0.0660. The van der Waals surface area contributed by atoms with Crippen molar-refractivity contribution in [1.82, 2.24) is 0 Å². The molecule has 1 aromatic carbocycles. The van der Waals surface area contributed by atoms with Crippen molar-refractivity contribution < 1.29 is 29.0 Å². The van der Waals surface area contributed by atoms with Crippen LogP contribution in [0.3, 0.4) is 0 Å². The predicted molar refractivity (Wildman–Crippen MR) is 192 cm³/mol. The van der Waals surface area contributed by atoms with Gasteiger partial charge in [0, 0.05) is 6.42 Å². The molecule has 0 aliphatic rings. The highest BCUT2D eigenvalue weighted by Gasteiger charge is 2.18. The first-order valence-corrected chi connectivity index (χ1v) is 19.1. The van der Waals surface area contributed by atoms with Crippen LogP contribution in [0.15, 0.2) is 24.3 Å². The van der Waals surface area contributed by atoms with Crippen molar-refractivity contribution in [3.05, 3.63) is 35.4 Å². The molecule has 0 heterocycles. The number of benzene rings is 1. The molecule has 0 fully saturated rings. The lowest BCUT2D eigenvalue weighted by Gasteiger charge is -2.10. The number of carbonyl (C=O) groups excluding carboxylic acids is 2. The minimum absolute atomic E-state index is 0.291. The van der Waals surface area contributed by atoms with Crippen LogP contribution in [-0.4, -0.2) is 36.2 Å². The summed E-state index contributed by atoms with van der Waals surface area (Å²) in [6, 6.07) is 6.74. The van der Waals surface area contributed by atoms with Crippen LogP contribution in [0, 0.1) is 0 Å². The number of carboxylic acids is 1. The molecule has 0 aromatic heterocycles. The summed E-state index contributed by atoms with van der Waals surface area (Å²) < 4.78 is 10.7. The highest BCUT2D eigenvalue weighted by atomic mass is 16.5. The molecule has 0 spiro atoms. The van der Waals surface area contributed by atoms with E-state index in [0.717, 1.165) is 51.4 Å². The van der Waals surface area contributed by atoms with Crippen LogP contribution in [0.4, 0.5) is 0 Å². The van der Waals surface area contributed by atoms with Crippen molar-refractivity contribution in [2.75, 3.05) is 13.2 Å². The van der Waals surface area contributed by atoms with Crippen molar-refractivity contribution in [2.45, 2.75) is 188 Å². The van der Waals surface area contributed by atoms with Gasteiger partial charge in [-0.05, 0) is 31.4 Å². The van der Waals surface area contributed by atoms with E-state index in [1.807, 2.05) is 0 Å². The van der Waals surface area contributed by atoms with Gasteiger partial charge in [-0.3, -0.25) is 4.79 Å². The lowest BCUT2D eigenvalue weighted by molar-refractivity contribution is -0.137. The molecular formula is C40H70O6. The van der Waals surface area contributed by atoms with Gasteiger partial charge >= 0.3 is 17.9 Å². The fourth-order valence-electron chi connectivity index (χ4n) is 5.38. The highest BCUT2D eigenvalue weighted by Crippen LogP contribution is 2.15. The van der Waals surface area contributed by atoms with E-state index in [9.17, 15) is 14.4 Å². The van der Waals surface area contributed by atoms with Crippen molar-refractivity contribution in [3.63, 3.8) is 0 Å². The van der Waals surface area contributed by atoms with Gasteiger partial charge < -0.3 is 14.6 Å². The van der Waals surface area contributed by atoms with Crippen molar-refractivity contribution >= 4 is 17.9 Å². The monoisotopic (exact) mass is 647 g/mol. The van der Waals surface area contributed by atoms with E-state index in [1.165, 1.54) is 109 Å². The van der Waals surface area contributed by atoms with Crippen LogP contribution in [0.2, 0.25) is 0 Å². The minimum Gasteiger partial charge on any atom is -0.481 e. The molecular weight excluding hydrogens is 576 g/mol. The molecule has 0 aliphatic carbocycles. The van der Waals surface area contributed by atoms with Gasteiger partial charge in [-0.15, -0.1) is 0 Å². The number of hydrogen-bond donors (Lipinski definition) is 1. The molecule has 0 bridgehead atoms. The Morgan fingerprint density at radius 2 is 0.739 bits per heavy atom. The molecule has 1 aromatic rings. The number of esters is 2. The Kier molecular flexibility index (Phi) is 32.2. The summed E-state index contributed by atoms with van der Waals surface area (Å²) in [7, 11) is 0. The number of hydrogen-bond acceptors (Lipinski definition) is 5. The maximum absolute atomic E-state index is 12.4. The van der Waals surface area contributed by atoms with Gasteiger partial charge in [0.1, 0.15) is 0 Å². The summed E-state index contributed by atoms with van der Waals surface area (Å²) in [6.07, 6.45) is 31.0. The summed E-state index contributed by atoms with van der Waals surface area (Å²) in [6.45, 7) is 7.41. The summed E-state index contributed by atoms with van der Waals surface area (Å²) in [5, 5.41) is 8.49. The summed E-state index contributed by atoms with van der Waals surface area (Å²) in [5.74, 6) is -1.55. The van der Waals surface area contributed by atoms with E-state index < -0.39 is 17.9 Å². The first kappa shape index (κ1) is 43.6. The zero-order valence-corrected chi connectivity index (χ0v) is 30.1. The number of ether oxygens (including phenoxy) is 2. The van der Waals surface area contributed by atoms with Gasteiger partial charge in [-0.25, -0.2) is 9.59 Å². The Balaban J connectivity index is 0.000000973. The molecule has 266 valence electrons. The Bertz CT molecular complexity index is 852. The molecule has 0 aliphatic heterocycles.